The van der Waals surface area contributed by atoms with Crippen LogP contribution in [0.1, 0.15) is 23.6 Å². The van der Waals surface area contributed by atoms with Crippen LogP contribution < -0.4 is 15.8 Å². The van der Waals surface area contributed by atoms with E-state index in [0.717, 1.165) is 18.8 Å². The third-order valence-electron chi connectivity index (χ3n) is 2.68. The van der Waals surface area contributed by atoms with E-state index in [1.165, 1.54) is 9.75 Å². The van der Waals surface area contributed by atoms with Gasteiger partial charge in [0.2, 0.25) is 5.88 Å². The van der Waals surface area contributed by atoms with Gasteiger partial charge in [-0.25, -0.2) is 0 Å². The van der Waals surface area contributed by atoms with Gasteiger partial charge in [0.1, 0.15) is 5.82 Å². The average molecular weight is 277 g/mol. The number of nitrogen functional groups attached to an aromatic ring is 1. The molecule has 0 unspecified atom stereocenters. The van der Waals surface area contributed by atoms with Crippen molar-refractivity contribution in [1.82, 2.24) is 4.98 Å². The number of anilines is 2. The molecule has 0 radical (unpaired) electrons. The van der Waals surface area contributed by atoms with Crippen molar-refractivity contribution < 1.29 is 4.74 Å². The second kappa shape index (κ2) is 6.43. The number of pyridine rings is 1. The number of rotatable bonds is 6. The van der Waals surface area contributed by atoms with Crippen LogP contribution in [-0.4, -0.2) is 11.6 Å². The van der Waals surface area contributed by atoms with Gasteiger partial charge in [-0.3, -0.25) is 0 Å². The maximum absolute atomic E-state index is 5.79. The fourth-order valence-corrected chi connectivity index (χ4v) is 2.58. The molecular formula is C14H19N3OS. The molecule has 0 saturated carbocycles. The smallest absolute Gasteiger partial charge is 0.239 e. The maximum Gasteiger partial charge on any atom is 0.239 e. The summed E-state index contributed by atoms with van der Waals surface area (Å²) in [5.74, 6) is 1.28. The quantitative estimate of drug-likeness (QED) is 0.850. The fraction of sp³-hybridized carbons (Fsp3) is 0.357. The molecule has 0 atom stereocenters. The summed E-state index contributed by atoms with van der Waals surface area (Å²) in [6, 6.07) is 8.00. The Hall–Kier alpha value is -1.75. The molecule has 0 aliphatic heterocycles. The summed E-state index contributed by atoms with van der Waals surface area (Å²) in [7, 11) is 0. The average Bonchev–Trinajstić information content (AvgIpc) is 2.88. The van der Waals surface area contributed by atoms with Crippen molar-refractivity contribution in [2.75, 3.05) is 17.7 Å². The number of thiophene rings is 1. The number of aromatic nitrogens is 1. The van der Waals surface area contributed by atoms with Crippen molar-refractivity contribution in [3.8, 4) is 5.88 Å². The zero-order chi connectivity index (χ0) is 13.7. The van der Waals surface area contributed by atoms with Crippen molar-refractivity contribution in [2.45, 2.75) is 26.8 Å². The minimum atomic E-state index is 0.493. The second-order valence-corrected chi connectivity index (χ2v) is 5.35. The summed E-state index contributed by atoms with van der Waals surface area (Å²) in [6.45, 7) is 5.41. The number of nitrogens with one attached hydrogen (secondary N) is 1. The highest BCUT2D eigenvalue weighted by Gasteiger charge is 2.04. The molecule has 0 aliphatic rings. The van der Waals surface area contributed by atoms with Crippen LogP contribution in [0.25, 0.3) is 0 Å². The summed E-state index contributed by atoms with van der Waals surface area (Å²) in [6.07, 6.45) is 1.08. The van der Waals surface area contributed by atoms with Gasteiger partial charge in [0.15, 0.2) is 0 Å². The van der Waals surface area contributed by atoms with E-state index in [1.807, 2.05) is 30.4 Å². The normalized spacial score (nSPS) is 10.4. The molecule has 0 fully saturated rings. The van der Waals surface area contributed by atoms with Crippen LogP contribution in [0.15, 0.2) is 24.3 Å². The van der Waals surface area contributed by atoms with Crippen LogP contribution >= 0.6 is 11.3 Å². The molecule has 0 aromatic carbocycles. The molecule has 0 bridgehead atoms. The Labute approximate surface area is 117 Å². The Morgan fingerprint density at radius 1 is 1.21 bits per heavy atom. The minimum absolute atomic E-state index is 0.493. The van der Waals surface area contributed by atoms with Crippen LogP contribution in [0.4, 0.5) is 11.5 Å². The van der Waals surface area contributed by atoms with Crippen LogP contribution in [0.2, 0.25) is 0 Å². The van der Waals surface area contributed by atoms with Gasteiger partial charge >= 0.3 is 0 Å². The van der Waals surface area contributed by atoms with Gasteiger partial charge in [0.05, 0.1) is 18.8 Å². The minimum Gasteiger partial charge on any atom is -0.476 e. The van der Waals surface area contributed by atoms with E-state index in [0.29, 0.717) is 18.2 Å². The Morgan fingerprint density at radius 2 is 2.00 bits per heavy atom. The topological polar surface area (TPSA) is 60.2 Å². The van der Waals surface area contributed by atoms with Crippen LogP contribution in [-0.2, 0) is 13.0 Å². The number of nitrogens with two attached hydrogens (primary N) is 1. The number of hydrogen-bond donors (Lipinski definition) is 2. The van der Waals surface area contributed by atoms with Crippen LogP contribution in [0.3, 0.4) is 0 Å². The second-order valence-electron chi connectivity index (χ2n) is 4.10. The molecule has 0 amide bonds. The van der Waals surface area contributed by atoms with E-state index >= 15 is 0 Å². The highest BCUT2D eigenvalue weighted by molar-refractivity contribution is 7.12. The number of nitrogens with zero attached hydrogens (tertiary/aromatic N) is 1. The lowest BCUT2D eigenvalue weighted by molar-refractivity contribution is 0.329. The number of aryl methyl sites for hydroxylation is 1. The predicted molar refractivity (Wildman–Crippen MR) is 80.8 cm³/mol. The van der Waals surface area contributed by atoms with E-state index in [9.17, 15) is 0 Å². The molecule has 5 heteroatoms. The lowest BCUT2D eigenvalue weighted by Crippen LogP contribution is -2.04. The molecule has 2 rings (SSSR count). The van der Waals surface area contributed by atoms with E-state index in [4.69, 9.17) is 10.5 Å². The molecule has 4 nitrogen and oxygen atoms in total. The molecule has 0 aliphatic carbocycles. The summed E-state index contributed by atoms with van der Waals surface area (Å²) in [4.78, 5) is 7.05. The predicted octanol–water partition coefficient (Wildman–Crippen LogP) is 3.30. The first-order valence-electron chi connectivity index (χ1n) is 6.43. The largest absolute Gasteiger partial charge is 0.476 e. The first-order chi connectivity index (χ1) is 9.22. The molecule has 0 saturated heterocycles. The van der Waals surface area contributed by atoms with E-state index in [1.54, 1.807) is 0 Å². The van der Waals surface area contributed by atoms with Gasteiger partial charge in [0.25, 0.3) is 0 Å². The lowest BCUT2D eigenvalue weighted by atomic mass is 10.3. The van der Waals surface area contributed by atoms with Crippen molar-refractivity contribution in [2.24, 2.45) is 0 Å². The highest BCUT2D eigenvalue weighted by Crippen LogP contribution is 2.22. The zero-order valence-electron chi connectivity index (χ0n) is 11.3. The van der Waals surface area contributed by atoms with Crippen molar-refractivity contribution in [3.63, 3.8) is 0 Å². The maximum atomic E-state index is 5.79. The van der Waals surface area contributed by atoms with Gasteiger partial charge in [0, 0.05) is 9.75 Å². The molecule has 2 heterocycles. The number of hydrogen-bond acceptors (Lipinski definition) is 5. The molecule has 102 valence electrons. The van der Waals surface area contributed by atoms with Crippen LogP contribution in [0, 0.1) is 0 Å². The first-order valence-corrected chi connectivity index (χ1v) is 7.25. The van der Waals surface area contributed by atoms with Gasteiger partial charge < -0.3 is 15.8 Å². The lowest BCUT2D eigenvalue weighted by Gasteiger charge is -2.09. The summed E-state index contributed by atoms with van der Waals surface area (Å²) in [5.41, 5.74) is 6.36. The first kappa shape index (κ1) is 13.7. The van der Waals surface area contributed by atoms with E-state index < -0.39 is 0 Å². The third-order valence-corrected chi connectivity index (χ3v) is 3.91. The van der Waals surface area contributed by atoms with Crippen LogP contribution in [0.5, 0.6) is 5.88 Å². The standard InChI is InChI=1S/C14H19N3OS/c1-3-10-5-6-11(19-10)9-16-13-8-7-12(15)14(17-13)18-4-2/h5-8H,3-4,9,15H2,1-2H3,(H,16,17). The highest BCUT2D eigenvalue weighted by atomic mass is 32.1. The molecular weight excluding hydrogens is 258 g/mol. The Balaban J connectivity index is 2.00. The van der Waals surface area contributed by atoms with Gasteiger partial charge in [-0.2, -0.15) is 4.98 Å². The Morgan fingerprint density at radius 3 is 2.68 bits per heavy atom. The van der Waals surface area contributed by atoms with E-state index in [-0.39, 0.29) is 0 Å². The SMILES string of the molecule is CCOc1nc(NCc2ccc(CC)s2)ccc1N. The monoisotopic (exact) mass is 277 g/mol. The Kier molecular flexibility index (Phi) is 4.63. The zero-order valence-corrected chi connectivity index (χ0v) is 12.1. The molecule has 0 spiro atoms. The third kappa shape index (κ3) is 3.61. The summed E-state index contributed by atoms with van der Waals surface area (Å²) >= 11 is 1.82. The molecule has 2 aromatic heterocycles. The fourth-order valence-electron chi connectivity index (χ4n) is 1.69. The van der Waals surface area contributed by atoms with Crippen molar-refractivity contribution >= 4 is 22.8 Å². The molecule has 19 heavy (non-hydrogen) atoms. The van der Waals surface area contributed by atoms with Crippen molar-refractivity contribution in [3.05, 3.63) is 34.0 Å². The summed E-state index contributed by atoms with van der Waals surface area (Å²) in [5, 5.41) is 3.29. The number of ether oxygens (including phenoxy) is 1. The summed E-state index contributed by atoms with van der Waals surface area (Å²) < 4.78 is 5.38. The molecule has 3 N–H and O–H groups in total. The van der Waals surface area contributed by atoms with E-state index in [2.05, 4.69) is 29.4 Å². The van der Waals surface area contributed by atoms with Gasteiger partial charge in [-0.05, 0) is 37.6 Å². The van der Waals surface area contributed by atoms with Crippen molar-refractivity contribution in [1.29, 1.82) is 0 Å². The van der Waals surface area contributed by atoms with Gasteiger partial charge in [-0.15, -0.1) is 11.3 Å². The van der Waals surface area contributed by atoms with Gasteiger partial charge in [-0.1, -0.05) is 6.92 Å². The molecule has 2 aromatic rings. The Bertz CT molecular complexity index is 539.